The third-order valence-corrected chi connectivity index (χ3v) is 5.27. The number of carbonyl (C=O) groups excluding carboxylic acids is 1. The molecule has 1 N–H and O–H groups in total. The third-order valence-electron chi connectivity index (χ3n) is 5.27. The maximum Gasteiger partial charge on any atom is 0.348 e. The van der Waals surface area contributed by atoms with E-state index in [0.717, 1.165) is 18.6 Å². The maximum absolute atomic E-state index is 12.2. The molecular formula is C28H28N2O6. The summed E-state index contributed by atoms with van der Waals surface area (Å²) < 4.78 is 22.0. The van der Waals surface area contributed by atoms with E-state index < -0.39 is 5.63 Å². The molecule has 0 unspecified atom stereocenters. The number of carbonyl (C=O) groups is 1. The Bertz CT molecular complexity index is 1350. The van der Waals surface area contributed by atoms with E-state index in [1.165, 1.54) is 0 Å². The number of ether oxygens (including phenoxy) is 3. The van der Waals surface area contributed by atoms with Crippen molar-refractivity contribution in [3.63, 3.8) is 0 Å². The summed E-state index contributed by atoms with van der Waals surface area (Å²) in [5.41, 5.74) is 1.23. The highest BCUT2D eigenvalue weighted by Crippen LogP contribution is 2.21. The van der Waals surface area contributed by atoms with Gasteiger partial charge in [0.1, 0.15) is 11.5 Å². The minimum atomic E-state index is -0.457. The van der Waals surface area contributed by atoms with Gasteiger partial charge in [-0.05, 0) is 55.0 Å². The van der Waals surface area contributed by atoms with E-state index in [0.29, 0.717) is 47.5 Å². The first-order chi connectivity index (χ1) is 17.6. The van der Waals surface area contributed by atoms with Gasteiger partial charge in [0.05, 0.1) is 36.3 Å². The second-order valence-corrected chi connectivity index (χ2v) is 8.04. The highest BCUT2D eigenvalue weighted by atomic mass is 16.5. The molecule has 3 aromatic carbocycles. The van der Waals surface area contributed by atoms with Crippen molar-refractivity contribution in [1.82, 2.24) is 4.98 Å². The Hall–Kier alpha value is -4.33. The number of nitrogens with one attached hydrogen (secondary N) is 1. The lowest BCUT2D eigenvalue weighted by molar-refractivity contribution is 0.0486. The van der Waals surface area contributed by atoms with Crippen LogP contribution in [0.15, 0.2) is 82.0 Å². The number of nitrogens with zero attached hydrogens (tertiary/aromatic N) is 1. The van der Waals surface area contributed by atoms with Crippen LogP contribution < -0.4 is 20.4 Å². The highest BCUT2D eigenvalue weighted by molar-refractivity contribution is 5.89. The van der Waals surface area contributed by atoms with Crippen LogP contribution in [0.4, 0.5) is 11.7 Å². The van der Waals surface area contributed by atoms with Crippen molar-refractivity contribution < 1.29 is 23.4 Å². The molecule has 8 heteroatoms. The van der Waals surface area contributed by atoms with Gasteiger partial charge in [0, 0.05) is 18.2 Å². The molecule has 0 radical (unpaired) electrons. The molecule has 1 aromatic heterocycles. The van der Waals surface area contributed by atoms with Crippen molar-refractivity contribution in [2.75, 3.05) is 25.1 Å². The molecule has 36 heavy (non-hydrogen) atoms. The number of aromatic nitrogens is 1. The molecule has 8 nitrogen and oxygen atoms in total. The third kappa shape index (κ3) is 6.85. The number of hydrogen-bond donors (Lipinski definition) is 1. The van der Waals surface area contributed by atoms with E-state index in [4.69, 9.17) is 18.6 Å². The number of esters is 1. The number of hydrogen-bond acceptors (Lipinski definition) is 8. The van der Waals surface area contributed by atoms with E-state index in [1.807, 2.05) is 24.3 Å². The quantitative estimate of drug-likeness (QED) is 0.199. The Morgan fingerprint density at radius 1 is 0.889 bits per heavy atom. The summed E-state index contributed by atoms with van der Waals surface area (Å²) in [5, 5.41) is 3.42. The SMILES string of the molecule is CCCCOc1ccc(C(=O)OCCCOc2cccc(Nc3nc4ccccc4c(=O)o3)c2)cc1. The van der Waals surface area contributed by atoms with Crippen LogP contribution >= 0.6 is 0 Å². The van der Waals surface area contributed by atoms with Crippen molar-refractivity contribution in [1.29, 1.82) is 0 Å². The van der Waals surface area contributed by atoms with Crippen molar-refractivity contribution in [2.24, 2.45) is 0 Å². The zero-order valence-electron chi connectivity index (χ0n) is 20.1. The monoisotopic (exact) mass is 488 g/mol. The normalized spacial score (nSPS) is 10.7. The van der Waals surface area contributed by atoms with E-state index in [1.54, 1.807) is 48.5 Å². The summed E-state index contributed by atoms with van der Waals surface area (Å²) in [4.78, 5) is 28.7. The molecule has 186 valence electrons. The number of para-hydroxylation sites is 1. The molecule has 0 aliphatic heterocycles. The van der Waals surface area contributed by atoms with Gasteiger partial charge in [-0.25, -0.2) is 9.59 Å². The van der Waals surface area contributed by atoms with Gasteiger partial charge in [-0.2, -0.15) is 4.98 Å². The van der Waals surface area contributed by atoms with Crippen molar-refractivity contribution in [2.45, 2.75) is 26.2 Å². The van der Waals surface area contributed by atoms with E-state index in [2.05, 4.69) is 17.2 Å². The topological polar surface area (TPSA) is 99.9 Å². The summed E-state index contributed by atoms with van der Waals surface area (Å²) in [6, 6.07) is 21.2. The lowest BCUT2D eigenvalue weighted by Crippen LogP contribution is -2.09. The minimum Gasteiger partial charge on any atom is -0.494 e. The predicted octanol–water partition coefficient (Wildman–Crippen LogP) is 5.74. The first-order valence-corrected chi connectivity index (χ1v) is 11.9. The number of benzene rings is 3. The summed E-state index contributed by atoms with van der Waals surface area (Å²) in [6.07, 6.45) is 2.59. The molecule has 0 bridgehead atoms. The highest BCUT2D eigenvalue weighted by Gasteiger charge is 2.08. The second kappa shape index (κ2) is 12.4. The molecule has 0 fully saturated rings. The van der Waals surface area contributed by atoms with Crippen LogP contribution in [0.3, 0.4) is 0 Å². The van der Waals surface area contributed by atoms with Crippen molar-refractivity contribution in [3.8, 4) is 11.5 Å². The van der Waals surface area contributed by atoms with Crippen LogP contribution in [0.25, 0.3) is 10.9 Å². The van der Waals surface area contributed by atoms with Crippen LogP contribution in [0, 0.1) is 0 Å². The van der Waals surface area contributed by atoms with Crippen LogP contribution in [-0.4, -0.2) is 30.8 Å². The van der Waals surface area contributed by atoms with E-state index in [9.17, 15) is 9.59 Å². The van der Waals surface area contributed by atoms with Crippen LogP contribution in [0.2, 0.25) is 0 Å². The van der Waals surface area contributed by atoms with Crippen molar-refractivity contribution in [3.05, 3.63) is 88.8 Å². The van der Waals surface area contributed by atoms with Gasteiger partial charge in [-0.15, -0.1) is 0 Å². The zero-order chi connectivity index (χ0) is 25.2. The molecule has 0 saturated carbocycles. The molecule has 0 atom stereocenters. The van der Waals surface area contributed by atoms with Gasteiger partial charge in [0.2, 0.25) is 0 Å². The largest absolute Gasteiger partial charge is 0.494 e. The molecule has 0 spiro atoms. The van der Waals surface area contributed by atoms with Crippen LogP contribution in [0.5, 0.6) is 11.5 Å². The van der Waals surface area contributed by atoms with Gasteiger partial charge in [-0.3, -0.25) is 0 Å². The molecule has 0 amide bonds. The van der Waals surface area contributed by atoms with Crippen molar-refractivity contribution >= 4 is 28.6 Å². The molecule has 0 saturated heterocycles. The van der Waals surface area contributed by atoms with Gasteiger partial charge < -0.3 is 23.9 Å². The number of fused-ring (bicyclic) bond motifs is 1. The summed E-state index contributed by atoms with van der Waals surface area (Å²) >= 11 is 0. The molecule has 1 heterocycles. The number of unbranched alkanes of at least 4 members (excludes halogenated alkanes) is 1. The molecule has 0 aliphatic rings. The average Bonchev–Trinajstić information content (AvgIpc) is 2.89. The minimum absolute atomic E-state index is 0.100. The first kappa shape index (κ1) is 24.8. The fourth-order valence-corrected chi connectivity index (χ4v) is 3.38. The average molecular weight is 489 g/mol. The lowest BCUT2D eigenvalue weighted by atomic mass is 10.2. The van der Waals surface area contributed by atoms with E-state index >= 15 is 0 Å². The van der Waals surface area contributed by atoms with E-state index in [-0.39, 0.29) is 18.6 Å². The number of anilines is 2. The summed E-state index contributed by atoms with van der Waals surface area (Å²) in [7, 11) is 0. The fourth-order valence-electron chi connectivity index (χ4n) is 3.38. The molecule has 0 aliphatic carbocycles. The Morgan fingerprint density at radius 2 is 1.67 bits per heavy atom. The lowest BCUT2D eigenvalue weighted by Gasteiger charge is -2.10. The Morgan fingerprint density at radius 3 is 2.50 bits per heavy atom. The second-order valence-electron chi connectivity index (χ2n) is 8.04. The number of rotatable bonds is 12. The predicted molar refractivity (Wildman–Crippen MR) is 137 cm³/mol. The Balaban J connectivity index is 1.22. The smallest absolute Gasteiger partial charge is 0.348 e. The standard InChI is InChI=1S/C28H28N2O6/c1-2-3-16-33-22-14-12-20(13-15-22)26(31)35-18-7-17-34-23-9-6-8-21(19-23)29-28-30-25-11-5-4-10-24(25)27(32)36-28/h4-6,8-15,19H,2-3,7,16-18H2,1H3,(H,29,30). The molecular weight excluding hydrogens is 460 g/mol. The maximum atomic E-state index is 12.2. The van der Waals surface area contributed by atoms with Gasteiger partial charge in [0.15, 0.2) is 0 Å². The van der Waals surface area contributed by atoms with Gasteiger partial charge in [0.25, 0.3) is 0 Å². The molecule has 4 rings (SSSR count). The Kier molecular flexibility index (Phi) is 8.53. The molecule has 4 aromatic rings. The zero-order valence-corrected chi connectivity index (χ0v) is 20.1. The van der Waals surface area contributed by atoms with Gasteiger partial charge >= 0.3 is 17.6 Å². The Labute approximate surface area is 208 Å². The summed E-state index contributed by atoms with van der Waals surface area (Å²) in [6.45, 7) is 3.37. The van der Waals surface area contributed by atoms with Crippen LogP contribution in [0.1, 0.15) is 36.5 Å². The fraction of sp³-hybridized carbons (Fsp3) is 0.250. The van der Waals surface area contributed by atoms with Crippen LogP contribution in [-0.2, 0) is 4.74 Å². The first-order valence-electron chi connectivity index (χ1n) is 11.9. The summed E-state index contributed by atoms with van der Waals surface area (Å²) in [5.74, 6) is 0.975. The van der Waals surface area contributed by atoms with Gasteiger partial charge in [-0.1, -0.05) is 31.5 Å².